The Morgan fingerprint density at radius 2 is 2.00 bits per heavy atom. The highest BCUT2D eigenvalue weighted by atomic mass is 19.1. The van der Waals surface area contributed by atoms with Crippen LogP contribution < -0.4 is 15.4 Å². The molecule has 0 aliphatic rings. The summed E-state index contributed by atoms with van der Waals surface area (Å²) in [7, 11) is 3.54. The van der Waals surface area contributed by atoms with Crippen molar-refractivity contribution in [1.82, 2.24) is 29.4 Å². The molecule has 0 bridgehead atoms. The lowest BCUT2D eigenvalue weighted by Crippen LogP contribution is -2.25. The summed E-state index contributed by atoms with van der Waals surface area (Å²) in [6.45, 7) is 7.42. The fraction of sp³-hybridized carbons (Fsp3) is 0.478. The Morgan fingerprint density at radius 1 is 1.21 bits per heavy atom. The molecule has 1 aromatic carbocycles. The summed E-state index contributed by atoms with van der Waals surface area (Å²) in [5.41, 5.74) is 8.14. The van der Waals surface area contributed by atoms with Crippen LogP contribution in [0.3, 0.4) is 0 Å². The zero-order chi connectivity index (χ0) is 23.8. The molecule has 0 radical (unpaired) electrons. The van der Waals surface area contributed by atoms with Crippen molar-refractivity contribution in [2.24, 2.45) is 0 Å². The maximum Gasteiger partial charge on any atom is 0.223 e. The van der Waals surface area contributed by atoms with Crippen LogP contribution in [0.2, 0.25) is 0 Å². The first-order valence-corrected chi connectivity index (χ1v) is 11.2. The number of nitrogen functional groups attached to an aromatic ring is 1. The summed E-state index contributed by atoms with van der Waals surface area (Å²) in [6.07, 6.45) is 7.57. The van der Waals surface area contributed by atoms with E-state index in [4.69, 9.17) is 10.5 Å². The van der Waals surface area contributed by atoms with E-state index in [2.05, 4.69) is 59.1 Å². The zero-order valence-electron chi connectivity index (χ0n) is 19.8. The fourth-order valence-corrected chi connectivity index (χ4v) is 3.74. The summed E-state index contributed by atoms with van der Waals surface area (Å²) >= 11 is 0. The number of aryl methyl sites for hydroxylation is 1. The number of methoxy groups -OCH3 is 1. The third kappa shape index (κ3) is 4.42. The Kier molecular flexibility index (Phi) is 6.09. The summed E-state index contributed by atoms with van der Waals surface area (Å²) in [5, 5.41) is 9.54. The molecular weight excluding hydrogens is 423 g/mol. The van der Waals surface area contributed by atoms with Gasteiger partial charge in [-0.1, -0.05) is 6.92 Å². The number of hydrogen-bond acceptors (Lipinski definition) is 7. The van der Waals surface area contributed by atoms with Gasteiger partial charge < -0.3 is 15.4 Å². The topological polar surface area (TPSA) is 99.4 Å². The van der Waals surface area contributed by atoms with Gasteiger partial charge >= 0.3 is 0 Å². The molecule has 0 atom stereocenters. The molecule has 4 rings (SSSR count). The Morgan fingerprint density at radius 3 is 2.73 bits per heavy atom. The number of hydrogen-bond donors (Lipinski definition) is 1. The van der Waals surface area contributed by atoms with E-state index in [1.165, 1.54) is 23.8 Å². The minimum Gasteiger partial charge on any atom is -0.494 e. The zero-order valence-corrected chi connectivity index (χ0v) is 19.8. The Balaban J connectivity index is 1.43. The first kappa shape index (κ1) is 22.8. The number of ether oxygens (including phenoxy) is 1. The second-order valence-corrected chi connectivity index (χ2v) is 8.93. The molecular formula is C23H31FN8O. The van der Waals surface area contributed by atoms with E-state index in [1.54, 1.807) is 0 Å². The molecule has 0 fully saturated rings. The standard InChI is InChI=1S/C23H31FN8O/c1-6-23(2,3)31-14-16(13-26-31)30(4)10-8-7-9-19-27-21-17-11-15(24)12-18(33-5)20(17)28-22(25)32(21)29-19/h11-14H,6-10H2,1-5H3,(H2,25,28). The van der Waals surface area contributed by atoms with Crippen molar-refractivity contribution in [2.45, 2.75) is 52.0 Å². The molecule has 33 heavy (non-hydrogen) atoms. The number of rotatable bonds is 9. The smallest absolute Gasteiger partial charge is 0.223 e. The molecule has 0 aliphatic heterocycles. The lowest BCUT2D eigenvalue weighted by molar-refractivity contribution is 0.308. The van der Waals surface area contributed by atoms with Gasteiger partial charge in [0.2, 0.25) is 5.95 Å². The van der Waals surface area contributed by atoms with Crippen LogP contribution in [-0.2, 0) is 12.0 Å². The number of unbranched alkanes of at least 4 members (excludes halogenated alkanes) is 1. The van der Waals surface area contributed by atoms with Crippen LogP contribution in [0.4, 0.5) is 16.0 Å². The summed E-state index contributed by atoms with van der Waals surface area (Å²) < 4.78 is 22.8. The Hall–Kier alpha value is -3.43. The fourth-order valence-electron chi connectivity index (χ4n) is 3.74. The van der Waals surface area contributed by atoms with Crippen LogP contribution in [0.15, 0.2) is 24.5 Å². The van der Waals surface area contributed by atoms with Gasteiger partial charge in [-0.3, -0.25) is 4.68 Å². The minimum absolute atomic E-state index is 0.00168. The second kappa shape index (κ2) is 8.84. The van der Waals surface area contributed by atoms with Gasteiger partial charge in [0.1, 0.15) is 17.1 Å². The lowest BCUT2D eigenvalue weighted by Gasteiger charge is -2.23. The third-order valence-electron chi connectivity index (χ3n) is 6.23. The van der Waals surface area contributed by atoms with E-state index in [1.807, 2.05) is 10.9 Å². The number of aromatic nitrogens is 6. The Bertz CT molecular complexity index is 1280. The second-order valence-electron chi connectivity index (χ2n) is 8.93. The summed E-state index contributed by atoms with van der Waals surface area (Å²) in [6, 6.07) is 2.67. The molecule has 0 amide bonds. The summed E-state index contributed by atoms with van der Waals surface area (Å²) in [4.78, 5) is 11.2. The molecule has 3 aromatic heterocycles. The predicted molar refractivity (Wildman–Crippen MR) is 127 cm³/mol. The molecule has 10 heteroatoms. The quantitative estimate of drug-likeness (QED) is 0.384. The highest BCUT2D eigenvalue weighted by molar-refractivity contribution is 5.95. The van der Waals surface area contributed by atoms with Crippen molar-refractivity contribution in [3.8, 4) is 5.75 Å². The number of nitrogens with two attached hydrogens (primary N) is 1. The number of nitrogens with zero attached hydrogens (tertiary/aromatic N) is 7. The van der Waals surface area contributed by atoms with Gasteiger partial charge in [-0.15, -0.1) is 5.10 Å². The van der Waals surface area contributed by atoms with Gasteiger partial charge in [0.05, 0.1) is 29.9 Å². The molecule has 176 valence electrons. The lowest BCUT2D eigenvalue weighted by atomic mass is 10.0. The van der Waals surface area contributed by atoms with Gasteiger partial charge in [0.25, 0.3) is 0 Å². The van der Waals surface area contributed by atoms with Crippen molar-refractivity contribution < 1.29 is 9.13 Å². The molecule has 9 nitrogen and oxygen atoms in total. The van der Waals surface area contributed by atoms with Gasteiger partial charge in [-0.25, -0.2) is 14.4 Å². The van der Waals surface area contributed by atoms with Gasteiger partial charge in [0, 0.05) is 32.3 Å². The molecule has 3 heterocycles. The molecule has 4 aromatic rings. The highest BCUT2D eigenvalue weighted by Crippen LogP contribution is 2.29. The van der Waals surface area contributed by atoms with E-state index in [0.29, 0.717) is 34.5 Å². The minimum atomic E-state index is -0.425. The molecule has 2 N–H and O–H groups in total. The highest BCUT2D eigenvalue weighted by Gasteiger charge is 2.19. The number of anilines is 2. The molecule has 0 spiro atoms. The van der Waals surface area contributed by atoms with Crippen LogP contribution >= 0.6 is 0 Å². The summed E-state index contributed by atoms with van der Waals surface area (Å²) in [5.74, 6) is 0.732. The van der Waals surface area contributed by atoms with Gasteiger partial charge in [0.15, 0.2) is 11.5 Å². The number of fused-ring (bicyclic) bond motifs is 3. The maximum absolute atomic E-state index is 14.1. The average molecular weight is 455 g/mol. The SMILES string of the molecule is CCC(C)(C)n1cc(N(C)CCCCc2nc3c4cc(F)cc(OC)c4nc(N)n3n2)cn1. The van der Waals surface area contributed by atoms with Crippen LogP contribution in [0.1, 0.15) is 45.9 Å². The van der Waals surface area contributed by atoms with E-state index in [0.717, 1.165) is 31.5 Å². The Labute approximate surface area is 192 Å². The first-order valence-electron chi connectivity index (χ1n) is 11.2. The predicted octanol–water partition coefficient (Wildman–Crippen LogP) is 3.81. The molecule has 0 aliphatic carbocycles. The number of benzene rings is 1. The molecule has 0 saturated carbocycles. The molecule has 0 saturated heterocycles. The van der Waals surface area contributed by atoms with Crippen molar-refractivity contribution in [2.75, 3.05) is 31.3 Å². The van der Waals surface area contributed by atoms with E-state index in [-0.39, 0.29) is 11.5 Å². The van der Waals surface area contributed by atoms with Gasteiger partial charge in [-0.05, 0) is 39.2 Å². The van der Waals surface area contributed by atoms with Crippen LogP contribution in [0.25, 0.3) is 16.6 Å². The van der Waals surface area contributed by atoms with E-state index < -0.39 is 5.82 Å². The molecule has 0 unspecified atom stereocenters. The normalized spacial score (nSPS) is 12.1. The van der Waals surface area contributed by atoms with Crippen molar-refractivity contribution in [3.05, 3.63) is 36.2 Å². The van der Waals surface area contributed by atoms with Crippen LogP contribution in [-0.4, -0.2) is 50.1 Å². The third-order valence-corrected chi connectivity index (χ3v) is 6.23. The average Bonchev–Trinajstić information content (AvgIpc) is 3.45. The van der Waals surface area contributed by atoms with Crippen LogP contribution in [0.5, 0.6) is 5.75 Å². The largest absolute Gasteiger partial charge is 0.494 e. The van der Waals surface area contributed by atoms with Crippen molar-refractivity contribution >= 4 is 28.2 Å². The van der Waals surface area contributed by atoms with Crippen molar-refractivity contribution in [3.63, 3.8) is 0 Å². The first-order chi connectivity index (χ1) is 15.7. The monoisotopic (exact) mass is 454 g/mol. The van der Waals surface area contributed by atoms with Gasteiger partial charge in [-0.2, -0.15) is 9.61 Å². The number of halogens is 1. The maximum atomic E-state index is 14.1. The van der Waals surface area contributed by atoms with E-state index >= 15 is 0 Å². The van der Waals surface area contributed by atoms with Crippen molar-refractivity contribution in [1.29, 1.82) is 0 Å². The van der Waals surface area contributed by atoms with E-state index in [9.17, 15) is 4.39 Å². The van der Waals surface area contributed by atoms with Crippen LogP contribution in [0, 0.1) is 5.82 Å².